The van der Waals surface area contributed by atoms with E-state index in [4.69, 9.17) is 0 Å². The van der Waals surface area contributed by atoms with Gasteiger partial charge in [-0.05, 0) is 61.0 Å². The van der Waals surface area contributed by atoms with Crippen LogP contribution in [0.25, 0.3) is 0 Å². The molecule has 2 bridgehead atoms. The minimum Gasteiger partial charge on any atom is -0.0839 e. The van der Waals surface area contributed by atoms with Crippen LogP contribution in [0.5, 0.6) is 0 Å². The van der Waals surface area contributed by atoms with E-state index in [2.05, 4.69) is 47.1 Å². The fourth-order valence-corrected chi connectivity index (χ4v) is 5.03. The first-order chi connectivity index (χ1) is 9.26. The van der Waals surface area contributed by atoms with Gasteiger partial charge in [0.05, 0.1) is 0 Å². The largest absolute Gasteiger partial charge is 0.0839 e. The van der Waals surface area contributed by atoms with Crippen molar-refractivity contribution in [2.75, 3.05) is 0 Å². The van der Waals surface area contributed by atoms with Crippen LogP contribution in [0.2, 0.25) is 0 Å². The molecule has 19 heavy (non-hydrogen) atoms. The molecular weight excluding hydrogens is 296 g/mol. The Balaban J connectivity index is 1.59. The molecule has 0 nitrogen and oxygen atoms in total. The van der Waals surface area contributed by atoms with Crippen LogP contribution in [0.4, 0.5) is 0 Å². The molecule has 2 fully saturated rings. The third kappa shape index (κ3) is 3.07. The van der Waals surface area contributed by atoms with Crippen molar-refractivity contribution in [2.24, 2.45) is 17.8 Å². The standard InChI is InChI=1S/C18H25Br/c1-2-3-13-4-7-15(8-5-13)18(19)12-17-11-14-6-9-16(17)10-14/h4-5,7-8,14,16-18H,2-3,6,9-12H2,1H3. The lowest BCUT2D eigenvalue weighted by molar-refractivity contribution is 0.314. The van der Waals surface area contributed by atoms with Crippen molar-refractivity contribution in [3.05, 3.63) is 35.4 Å². The summed E-state index contributed by atoms with van der Waals surface area (Å²) in [5.41, 5.74) is 2.95. The topological polar surface area (TPSA) is 0 Å². The third-order valence-corrected chi connectivity index (χ3v) is 6.18. The fraction of sp³-hybridized carbons (Fsp3) is 0.667. The molecule has 0 saturated heterocycles. The molecular formula is C18H25Br. The summed E-state index contributed by atoms with van der Waals surface area (Å²) in [5, 5.41) is 0. The molecule has 3 rings (SSSR count). The van der Waals surface area contributed by atoms with Gasteiger partial charge in [0, 0.05) is 4.83 Å². The van der Waals surface area contributed by atoms with E-state index >= 15 is 0 Å². The van der Waals surface area contributed by atoms with Gasteiger partial charge in [0.15, 0.2) is 0 Å². The number of aryl methyl sites for hydroxylation is 1. The Morgan fingerprint density at radius 2 is 1.95 bits per heavy atom. The van der Waals surface area contributed by atoms with Crippen molar-refractivity contribution in [3.8, 4) is 0 Å². The van der Waals surface area contributed by atoms with Crippen LogP contribution in [-0.2, 0) is 6.42 Å². The van der Waals surface area contributed by atoms with Gasteiger partial charge < -0.3 is 0 Å². The summed E-state index contributed by atoms with van der Waals surface area (Å²) >= 11 is 3.93. The van der Waals surface area contributed by atoms with E-state index in [9.17, 15) is 0 Å². The molecule has 1 aromatic carbocycles. The maximum atomic E-state index is 3.93. The van der Waals surface area contributed by atoms with E-state index in [-0.39, 0.29) is 0 Å². The Bertz CT molecular complexity index is 408. The molecule has 0 heterocycles. The average molecular weight is 321 g/mol. The van der Waals surface area contributed by atoms with Gasteiger partial charge in [-0.3, -0.25) is 0 Å². The van der Waals surface area contributed by atoms with Crippen molar-refractivity contribution in [3.63, 3.8) is 0 Å². The van der Waals surface area contributed by atoms with E-state index in [0.29, 0.717) is 4.83 Å². The van der Waals surface area contributed by atoms with Gasteiger partial charge in [0.2, 0.25) is 0 Å². The summed E-state index contributed by atoms with van der Waals surface area (Å²) in [6.07, 6.45) is 9.83. The summed E-state index contributed by atoms with van der Waals surface area (Å²) in [5.74, 6) is 3.10. The molecule has 4 unspecified atom stereocenters. The van der Waals surface area contributed by atoms with Crippen LogP contribution in [0, 0.1) is 17.8 Å². The van der Waals surface area contributed by atoms with Gasteiger partial charge >= 0.3 is 0 Å². The summed E-state index contributed by atoms with van der Waals surface area (Å²) in [4.78, 5) is 0.563. The normalized spacial score (nSPS) is 30.7. The minimum absolute atomic E-state index is 0.563. The zero-order chi connectivity index (χ0) is 13.2. The summed E-state index contributed by atoms with van der Waals surface area (Å²) in [6.45, 7) is 2.25. The Labute approximate surface area is 126 Å². The molecule has 4 atom stereocenters. The quantitative estimate of drug-likeness (QED) is 0.592. The van der Waals surface area contributed by atoms with E-state index in [1.165, 1.54) is 56.1 Å². The molecule has 2 aliphatic carbocycles. The molecule has 2 aliphatic rings. The van der Waals surface area contributed by atoms with E-state index in [1.54, 1.807) is 0 Å². The predicted octanol–water partition coefficient (Wildman–Crippen LogP) is 5.90. The van der Waals surface area contributed by atoms with E-state index in [0.717, 1.165) is 17.8 Å². The highest BCUT2D eigenvalue weighted by atomic mass is 79.9. The van der Waals surface area contributed by atoms with Crippen LogP contribution in [-0.4, -0.2) is 0 Å². The van der Waals surface area contributed by atoms with E-state index < -0.39 is 0 Å². The first-order valence-electron chi connectivity index (χ1n) is 7.99. The number of benzene rings is 1. The molecule has 1 heteroatoms. The second-order valence-corrected chi connectivity index (χ2v) is 7.74. The smallest absolute Gasteiger partial charge is 0.0398 e. The summed E-state index contributed by atoms with van der Waals surface area (Å²) in [6, 6.07) is 9.29. The van der Waals surface area contributed by atoms with E-state index in [1.807, 2.05) is 0 Å². The van der Waals surface area contributed by atoms with Crippen molar-refractivity contribution >= 4 is 15.9 Å². The summed E-state index contributed by atoms with van der Waals surface area (Å²) in [7, 11) is 0. The lowest BCUT2D eigenvalue weighted by Gasteiger charge is -2.24. The maximum Gasteiger partial charge on any atom is 0.0398 e. The molecule has 2 saturated carbocycles. The predicted molar refractivity (Wildman–Crippen MR) is 85.7 cm³/mol. The molecule has 1 aromatic rings. The number of hydrogen-bond donors (Lipinski definition) is 0. The number of fused-ring (bicyclic) bond motifs is 2. The van der Waals surface area contributed by atoms with Crippen molar-refractivity contribution < 1.29 is 0 Å². The van der Waals surface area contributed by atoms with Gasteiger partial charge in [0.1, 0.15) is 0 Å². The molecule has 0 aliphatic heterocycles. The highest BCUT2D eigenvalue weighted by Gasteiger charge is 2.39. The fourth-order valence-electron chi connectivity index (χ4n) is 4.25. The molecule has 104 valence electrons. The Morgan fingerprint density at radius 3 is 2.53 bits per heavy atom. The third-order valence-electron chi connectivity index (χ3n) is 5.27. The highest BCUT2D eigenvalue weighted by molar-refractivity contribution is 9.09. The molecule has 0 amide bonds. The Morgan fingerprint density at radius 1 is 1.16 bits per heavy atom. The number of halogens is 1. The van der Waals surface area contributed by atoms with Gasteiger partial charge in [-0.1, -0.05) is 60.0 Å². The van der Waals surface area contributed by atoms with Crippen molar-refractivity contribution in [2.45, 2.75) is 56.7 Å². The zero-order valence-corrected chi connectivity index (χ0v) is 13.5. The Hall–Kier alpha value is -0.300. The summed E-state index contributed by atoms with van der Waals surface area (Å²) < 4.78 is 0. The second-order valence-electron chi connectivity index (χ2n) is 6.63. The number of alkyl halides is 1. The molecule has 0 spiro atoms. The van der Waals surface area contributed by atoms with Crippen LogP contribution in [0.1, 0.15) is 61.4 Å². The van der Waals surface area contributed by atoms with Gasteiger partial charge in [-0.2, -0.15) is 0 Å². The lowest BCUT2D eigenvalue weighted by Crippen LogP contribution is -2.12. The van der Waals surface area contributed by atoms with Crippen LogP contribution in [0.3, 0.4) is 0 Å². The van der Waals surface area contributed by atoms with Crippen LogP contribution in [0.15, 0.2) is 24.3 Å². The molecule has 0 N–H and O–H groups in total. The van der Waals surface area contributed by atoms with Crippen molar-refractivity contribution in [1.29, 1.82) is 0 Å². The Kier molecular flexibility index (Phi) is 4.31. The SMILES string of the molecule is CCCc1ccc(C(Br)CC2CC3CCC2C3)cc1. The zero-order valence-electron chi connectivity index (χ0n) is 11.9. The van der Waals surface area contributed by atoms with Crippen LogP contribution >= 0.6 is 15.9 Å². The lowest BCUT2D eigenvalue weighted by atomic mass is 9.84. The second kappa shape index (κ2) is 5.99. The van der Waals surface area contributed by atoms with Gasteiger partial charge in [-0.15, -0.1) is 0 Å². The van der Waals surface area contributed by atoms with Gasteiger partial charge in [0.25, 0.3) is 0 Å². The maximum absolute atomic E-state index is 3.93. The van der Waals surface area contributed by atoms with Gasteiger partial charge in [-0.25, -0.2) is 0 Å². The number of hydrogen-bond acceptors (Lipinski definition) is 0. The van der Waals surface area contributed by atoms with Crippen LogP contribution < -0.4 is 0 Å². The number of rotatable bonds is 5. The molecule has 0 aromatic heterocycles. The first-order valence-corrected chi connectivity index (χ1v) is 8.90. The van der Waals surface area contributed by atoms with Crippen molar-refractivity contribution in [1.82, 2.24) is 0 Å². The minimum atomic E-state index is 0.563. The average Bonchev–Trinajstić information content (AvgIpc) is 3.02. The monoisotopic (exact) mass is 320 g/mol. The molecule has 0 radical (unpaired) electrons. The highest BCUT2D eigenvalue weighted by Crippen LogP contribution is 2.51. The first kappa shape index (κ1) is 13.7.